The minimum Gasteiger partial charge on any atom is -0.476 e. The van der Waals surface area contributed by atoms with Gasteiger partial charge in [0, 0.05) is 57.2 Å². The Morgan fingerprint density at radius 2 is 0.812 bits per heavy atom. The normalized spacial score (nSPS) is 9.71. The topological polar surface area (TPSA) is 390 Å². The Morgan fingerprint density at radius 1 is 0.510 bits per heavy atom. The summed E-state index contributed by atoms with van der Waals surface area (Å²) in [6.45, 7) is 15.6. The molecule has 0 saturated carbocycles. The number of aromatic nitrogens is 6. The number of nitriles is 1. The third kappa shape index (κ3) is 48.4. The first-order chi connectivity index (χ1) is 45.0. The first-order valence-corrected chi connectivity index (χ1v) is 30.0. The first kappa shape index (κ1) is 89.9. The Bertz CT molecular complexity index is 3190. The molecular formula is C69H96N10O17. The van der Waals surface area contributed by atoms with Crippen molar-refractivity contribution >= 4 is 41.8 Å². The van der Waals surface area contributed by atoms with E-state index in [-0.39, 0.29) is 69.9 Å². The average molecular weight is 1340 g/mol. The van der Waals surface area contributed by atoms with Crippen LogP contribution in [-0.2, 0) is 46.3 Å². The number of carboxylic acid groups (broad SMARTS) is 1. The molecule has 0 bridgehead atoms. The molecule has 0 saturated heterocycles. The number of benzene rings is 4. The van der Waals surface area contributed by atoms with Crippen LogP contribution in [0.25, 0.3) is 10.4 Å². The van der Waals surface area contributed by atoms with E-state index in [0.717, 1.165) is 25.7 Å². The number of nitrogens with zero attached hydrogens (tertiary/aromatic N) is 10. The Balaban J connectivity index is -0.00000112. The van der Waals surface area contributed by atoms with E-state index < -0.39 is 29.1 Å². The maximum absolute atomic E-state index is 11.9. The summed E-state index contributed by atoms with van der Waals surface area (Å²) in [7, 11) is 0. The second-order valence-electron chi connectivity index (χ2n) is 21.1. The fourth-order valence-electron chi connectivity index (χ4n) is 6.45. The maximum atomic E-state index is 11.9. The molecule has 27 heteroatoms. The average Bonchev–Trinajstić information content (AvgIpc) is 2.41. The minimum absolute atomic E-state index is 0. The van der Waals surface area contributed by atoms with E-state index in [9.17, 15) is 33.6 Å². The Morgan fingerprint density at radius 3 is 1.09 bits per heavy atom. The number of rotatable bonds is 28. The predicted molar refractivity (Wildman–Crippen MR) is 360 cm³/mol. The second-order valence-corrected chi connectivity index (χ2v) is 21.1. The fraction of sp³-hybridized carbons (Fsp3) is 0.449. The van der Waals surface area contributed by atoms with E-state index in [1.54, 1.807) is 156 Å². The van der Waals surface area contributed by atoms with Gasteiger partial charge in [-0.05, 0) is 160 Å². The lowest BCUT2D eigenvalue weighted by molar-refractivity contribution is -0.147. The molecule has 27 nitrogen and oxygen atoms in total. The Labute approximate surface area is 563 Å². The number of hydrogen-bond donors (Lipinski definition) is 4. The number of carbonyl (C=O) groups is 7. The zero-order valence-corrected chi connectivity index (χ0v) is 54.5. The highest BCUT2D eigenvalue weighted by molar-refractivity contribution is 5.91. The summed E-state index contributed by atoms with van der Waals surface area (Å²) in [6, 6.07) is 37.1. The summed E-state index contributed by atoms with van der Waals surface area (Å²) < 4.78 is 33.3. The largest absolute Gasteiger partial charge is 0.476 e. The number of terminal acetylenes is 1. The number of aryl methyl sites for hydroxylation is 2. The lowest BCUT2D eigenvalue weighted by Crippen LogP contribution is -2.24. The van der Waals surface area contributed by atoms with Crippen LogP contribution in [0.2, 0.25) is 0 Å². The molecule has 4 aromatic carbocycles. The van der Waals surface area contributed by atoms with Crippen molar-refractivity contribution in [2.45, 2.75) is 152 Å². The number of aliphatic hydroxyl groups excluding tert-OH is 3. The van der Waals surface area contributed by atoms with Gasteiger partial charge in [0.1, 0.15) is 11.2 Å². The van der Waals surface area contributed by atoms with E-state index in [0.29, 0.717) is 107 Å². The molecule has 0 radical (unpaired) electrons. The molecule has 96 heavy (non-hydrogen) atoms. The molecule has 0 aliphatic carbocycles. The quantitative estimate of drug-likeness (QED) is 0.00518. The molecule has 0 aliphatic heterocycles. The van der Waals surface area contributed by atoms with Crippen LogP contribution in [0.4, 0.5) is 0 Å². The SMILES string of the molecule is C.C.C#CC(=O)OC(C)(C)C.CC#N.CC(C)(C)OC(=O)c1cn(CCCCOC(=O)c2ccccc2)nn1.O=C(OCCCCO)c1ccccc1.O=C(OCCCCn1cc(C(=O)O)nn1)c1ccccc1.OCCCCO.[N-]=[N+]=NCCCCOC(=O)c1ccccc1. The van der Waals surface area contributed by atoms with Crippen molar-refractivity contribution in [2.24, 2.45) is 5.11 Å². The van der Waals surface area contributed by atoms with Crippen LogP contribution in [0.5, 0.6) is 0 Å². The third-order valence-corrected chi connectivity index (χ3v) is 10.8. The van der Waals surface area contributed by atoms with Gasteiger partial charge in [0.2, 0.25) is 0 Å². The molecule has 0 fully saturated rings. The third-order valence-electron chi connectivity index (χ3n) is 10.8. The van der Waals surface area contributed by atoms with Crippen molar-refractivity contribution in [3.8, 4) is 18.4 Å². The molecule has 0 atom stereocenters. The highest BCUT2D eigenvalue weighted by Gasteiger charge is 2.21. The first-order valence-electron chi connectivity index (χ1n) is 30.0. The van der Waals surface area contributed by atoms with Crippen LogP contribution >= 0.6 is 0 Å². The smallest absolute Gasteiger partial charge is 0.384 e. The van der Waals surface area contributed by atoms with Gasteiger partial charge in [0.25, 0.3) is 0 Å². The summed E-state index contributed by atoms with van der Waals surface area (Å²) in [4.78, 5) is 81.7. The van der Waals surface area contributed by atoms with Crippen molar-refractivity contribution in [2.75, 3.05) is 52.8 Å². The summed E-state index contributed by atoms with van der Waals surface area (Å²) in [6.07, 6.45) is 14.8. The molecule has 6 rings (SSSR count). The van der Waals surface area contributed by atoms with Gasteiger partial charge >= 0.3 is 41.8 Å². The van der Waals surface area contributed by atoms with Crippen molar-refractivity contribution < 1.29 is 82.4 Å². The number of esters is 6. The van der Waals surface area contributed by atoms with E-state index in [4.69, 9.17) is 66.1 Å². The molecule has 524 valence electrons. The Hall–Kier alpha value is -10.3. The summed E-state index contributed by atoms with van der Waals surface area (Å²) in [5.41, 5.74) is 9.29. The number of aliphatic hydroxyl groups is 3. The van der Waals surface area contributed by atoms with Crippen molar-refractivity contribution in [3.63, 3.8) is 0 Å². The number of unbranched alkanes of at least 4 members (excludes halogenated alkanes) is 5. The number of aromatic carboxylic acids is 1. The van der Waals surface area contributed by atoms with Crippen LogP contribution in [0.1, 0.15) is 190 Å². The molecule has 0 spiro atoms. The van der Waals surface area contributed by atoms with Crippen LogP contribution in [0, 0.1) is 23.7 Å². The van der Waals surface area contributed by atoms with E-state index in [2.05, 4.69) is 30.7 Å². The number of hydrogen-bond acceptors (Lipinski definition) is 22. The molecular weight excluding hydrogens is 1240 g/mol. The highest BCUT2D eigenvalue weighted by atomic mass is 16.6. The number of azide groups is 1. The van der Waals surface area contributed by atoms with Crippen molar-refractivity contribution in [3.05, 3.63) is 178 Å². The van der Waals surface area contributed by atoms with Crippen LogP contribution in [-0.4, -0.2) is 156 Å². The minimum atomic E-state index is -1.10. The van der Waals surface area contributed by atoms with Gasteiger partial charge in [-0.25, -0.2) is 33.6 Å². The molecule has 6 aromatic rings. The molecule has 0 unspecified atom stereocenters. The zero-order chi connectivity index (χ0) is 70.3. The van der Waals surface area contributed by atoms with Gasteiger partial charge in [-0.15, -0.1) is 16.6 Å². The van der Waals surface area contributed by atoms with Crippen molar-refractivity contribution in [1.82, 2.24) is 30.0 Å². The van der Waals surface area contributed by atoms with E-state index in [1.807, 2.05) is 30.2 Å². The van der Waals surface area contributed by atoms with E-state index >= 15 is 0 Å². The monoisotopic (exact) mass is 1340 g/mol. The summed E-state index contributed by atoms with van der Waals surface area (Å²) in [5, 5.41) is 59.0. The summed E-state index contributed by atoms with van der Waals surface area (Å²) >= 11 is 0. The van der Waals surface area contributed by atoms with Gasteiger partial charge in [-0.2, -0.15) is 5.26 Å². The lowest BCUT2D eigenvalue weighted by atomic mass is 10.2. The standard InChI is InChI=1S/C18H23N3O4.C14H15N3O4.C11H13N3O2.C11H14O3.C7H10O2.C4H10O2.C2H3N.2CH4/c1-18(2,3)25-17(23)15-13-21(20-19-15)11-7-8-12-24-16(22)14-9-5-4-6-10-14;18-13(19)12-10-17(16-15-12)8-4-5-9-21-14(20)11-6-2-1-3-7-11;12-14-13-8-4-5-9-16-11(15)10-6-2-1-3-7-10;12-8-4-5-9-14-11(13)10-6-2-1-3-7-10;1-5-6(8)9-7(2,3)4;5-3-1-2-4-6;1-2-3;;/h4-6,9-10,13H,7-8,11-12H2,1-3H3;1-3,6-7,10H,4-5,8-9H2,(H,18,19);1-3,6-7H,4-5,8-9H2;1-3,6-7,12H,4-5,8-9H2;1H,2-4H3;5-6H,1-4H2;1H3;2*1H4. The van der Waals surface area contributed by atoms with Crippen molar-refractivity contribution in [1.29, 1.82) is 5.26 Å². The number of ether oxygens (including phenoxy) is 6. The lowest BCUT2D eigenvalue weighted by Gasteiger charge is -2.18. The number of carbonyl (C=O) groups excluding carboxylic acids is 6. The summed E-state index contributed by atoms with van der Waals surface area (Å²) in [5.74, 6) is -1.62. The van der Waals surface area contributed by atoms with Gasteiger partial charge in [0.05, 0.1) is 67.1 Å². The predicted octanol–water partition coefficient (Wildman–Crippen LogP) is 11.5. The van der Waals surface area contributed by atoms with Crippen LogP contribution in [0.3, 0.4) is 0 Å². The molecule has 0 amide bonds. The zero-order valence-electron chi connectivity index (χ0n) is 54.5. The van der Waals surface area contributed by atoms with Gasteiger partial charge < -0.3 is 48.8 Å². The van der Waals surface area contributed by atoms with Gasteiger partial charge in [-0.1, -0.05) is 103 Å². The highest BCUT2D eigenvalue weighted by Crippen LogP contribution is 2.12. The van der Waals surface area contributed by atoms with Crippen LogP contribution < -0.4 is 0 Å². The maximum Gasteiger partial charge on any atom is 0.384 e. The molecule has 4 N–H and O–H groups in total. The van der Waals surface area contributed by atoms with E-state index in [1.165, 1.54) is 17.8 Å². The second kappa shape index (κ2) is 56.3. The van der Waals surface area contributed by atoms with Gasteiger partial charge in [0.15, 0.2) is 11.4 Å². The molecule has 0 aliphatic rings. The number of carboxylic acids is 1. The van der Waals surface area contributed by atoms with Gasteiger partial charge in [-0.3, -0.25) is 9.36 Å². The molecule has 2 heterocycles. The Kier molecular flexibility index (Phi) is 52.7. The van der Waals surface area contributed by atoms with Crippen LogP contribution in [0.15, 0.2) is 139 Å². The molecule has 2 aromatic heterocycles. The fourth-order valence-corrected chi connectivity index (χ4v) is 6.45.